The zero-order valence-corrected chi connectivity index (χ0v) is 11.7. The van der Waals surface area contributed by atoms with Crippen LogP contribution < -0.4 is 0 Å². The summed E-state index contributed by atoms with van der Waals surface area (Å²) >= 11 is 0. The van der Waals surface area contributed by atoms with E-state index >= 15 is 0 Å². The predicted molar refractivity (Wildman–Crippen MR) is 71.9 cm³/mol. The third-order valence-corrected chi connectivity index (χ3v) is 4.32. The first-order valence-corrected chi connectivity index (χ1v) is 7.38. The van der Waals surface area contributed by atoms with Crippen LogP contribution in [0.4, 0.5) is 4.79 Å². The maximum absolute atomic E-state index is 12.2. The number of hydrogen-bond donors (Lipinski definition) is 1. The Hall–Kier alpha value is -1.26. The number of carbonyl (C=O) groups excluding carboxylic acids is 1. The first-order valence-electron chi connectivity index (χ1n) is 7.38. The van der Waals surface area contributed by atoms with Crippen molar-refractivity contribution in [2.75, 3.05) is 26.2 Å². The fraction of sp³-hybridized carbons (Fsp3) is 0.857. The lowest BCUT2D eigenvalue weighted by molar-refractivity contribution is -0.146. The molecule has 2 aliphatic heterocycles. The summed E-state index contributed by atoms with van der Waals surface area (Å²) in [6.07, 6.45) is 5.86. The summed E-state index contributed by atoms with van der Waals surface area (Å²) in [5, 5.41) is 8.83. The van der Waals surface area contributed by atoms with E-state index in [1.165, 1.54) is 19.3 Å². The summed E-state index contributed by atoms with van der Waals surface area (Å²) < 4.78 is 0. The minimum atomic E-state index is -0.789. The van der Waals surface area contributed by atoms with Crippen molar-refractivity contribution in [1.29, 1.82) is 0 Å². The Labute approximate surface area is 114 Å². The summed E-state index contributed by atoms with van der Waals surface area (Å²) in [5.41, 5.74) is 0. The summed E-state index contributed by atoms with van der Waals surface area (Å²) in [5.74, 6) is -0.391. The van der Waals surface area contributed by atoms with Crippen molar-refractivity contribution in [1.82, 2.24) is 9.80 Å². The molecule has 2 fully saturated rings. The molecule has 1 atom stereocenters. The molecule has 0 aromatic rings. The van der Waals surface area contributed by atoms with Crippen molar-refractivity contribution in [2.45, 2.75) is 39.0 Å². The Morgan fingerprint density at radius 2 is 1.89 bits per heavy atom. The molecule has 108 valence electrons. The van der Waals surface area contributed by atoms with Crippen molar-refractivity contribution in [3.63, 3.8) is 0 Å². The standard InChI is InChI=1S/C14H24N2O3/c1-2-4-11-5-3-7-15(8-6-11)14(19)16-9-12(10-16)13(17)18/h11-12H,2-10H2,1H3,(H,17,18). The average Bonchev–Trinajstić information content (AvgIpc) is 2.52. The van der Waals surface area contributed by atoms with E-state index in [0.29, 0.717) is 13.1 Å². The average molecular weight is 268 g/mol. The van der Waals surface area contributed by atoms with Crippen LogP contribution in [0.15, 0.2) is 0 Å². The smallest absolute Gasteiger partial charge is 0.320 e. The molecule has 0 aliphatic carbocycles. The third-order valence-electron chi connectivity index (χ3n) is 4.32. The van der Waals surface area contributed by atoms with Gasteiger partial charge in [0.15, 0.2) is 0 Å². The number of carboxylic acids is 1. The number of carbonyl (C=O) groups is 2. The second-order valence-electron chi connectivity index (χ2n) is 5.80. The summed E-state index contributed by atoms with van der Waals surface area (Å²) in [6.45, 7) is 4.62. The van der Waals surface area contributed by atoms with Gasteiger partial charge < -0.3 is 14.9 Å². The highest BCUT2D eigenvalue weighted by Gasteiger charge is 2.37. The molecule has 2 amide bonds. The molecule has 1 N–H and O–H groups in total. The van der Waals surface area contributed by atoms with Gasteiger partial charge in [0.25, 0.3) is 0 Å². The van der Waals surface area contributed by atoms with Gasteiger partial charge >= 0.3 is 12.0 Å². The maximum Gasteiger partial charge on any atom is 0.320 e. The van der Waals surface area contributed by atoms with Crippen LogP contribution in [0, 0.1) is 11.8 Å². The topological polar surface area (TPSA) is 60.9 Å². The number of nitrogens with zero attached hydrogens (tertiary/aromatic N) is 2. The molecule has 1 unspecified atom stereocenters. The quantitative estimate of drug-likeness (QED) is 0.852. The molecule has 0 aromatic heterocycles. The highest BCUT2D eigenvalue weighted by Crippen LogP contribution is 2.24. The summed E-state index contributed by atoms with van der Waals surface area (Å²) in [6, 6.07) is 0.0367. The van der Waals surface area contributed by atoms with E-state index in [9.17, 15) is 9.59 Å². The van der Waals surface area contributed by atoms with Crippen LogP contribution >= 0.6 is 0 Å². The van der Waals surface area contributed by atoms with Crippen LogP contribution in [0.25, 0.3) is 0 Å². The summed E-state index contributed by atoms with van der Waals surface area (Å²) in [4.78, 5) is 26.5. The number of hydrogen-bond acceptors (Lipinski definition) is 2. The number of urea groups is 1. The van der Waals surface area contributed by atoms with Crippen LogP contribution in [0.1, 0.15) is 39.0 Å². The molecule has 19 heavy (non-hydrogen) atoms. The highest BCUT2D eigenvalue weighted by molar-refractivity contribution is 5.79. The van der Waals surface area contributed by atoms with Gasteiger partial charge in [-0.3, -0.25) is 4.79 Å². The second kappa shape index (κ2) is 6.26. The molecular weight excluding hydrogens is 244 g/mol. The zero-order valence-electron chi connectivity index (χ0n) is 11.7. The van der Waals surface area contributed by atoms with E-state index in [-0.39, 0.29) is 11.9 Å². The number of amides is 2. The molecule has 5 nitrogen and oxygen atoms in total. The molecule has 0 saturated carbocycles. The lowest BCUT2D eigenvalue weighted by Crippen LogP contribution is -2.57. The third kappa shape index (κ3) is 3.39. The van der Waals surface area contributed by atoms with Crippen LogP contribution in [-0.2, 0) is 4.79 Å². The molecule has 0 spiro atoms. The van der Waals surface area contributed by atoms with Gasteiger partial charge in [0.1, 0.15) is 0 Å². The van der Waals surface area contributed by atoms with Gasteiger partial charge in [0.2, 0.25) is 0 Å². The number of likely N-dealkylation sites (tertiary alicyclic amines) is 2. The van der Waals surface area contributed by atoms with Crippen molar-refractivity contribution in [2.24, 2.45) is 11.8 Å². The minimum Gasteiger partial charge on any atom is -0.481 e. The fourth-order valence-corrected chi connectivity index (χ4v) is 3.04. The Balaban J connectivity index is 1.79. The molecule has 2 heterocycles. The Bertz CT molecular complexity index is 340. The molecule has 0 aromatic carbocycles. The number of carboxylic acid groups (broad SMARTS) is 1. The number of rotatable bonds is 3. The van der Waals surface area contributed by atoms with E-state index in [4.69, 9.17) is 5.11 Å². The molecule has 0 radical (unpaired) electrons. The van der Waals surface area contributed by atoms with Gasteiger partial charge in [-0.25, -0.2) is 4.79 Å². The van der Waals surface area contributed by atoms with Gasteiger partial charge in [-0.2, -0.15) is 0 Å². The molecule has 5 heteroatoms. The Kier molecular flexibility index (Phi) is 4.66. The van der Waals surface area contributed by atoms with Gasteiger partial charge in [-0.15, -0.1) is 0 Å². The number of aliphatic carboxylic acids is 1. The van der Waals surface area contributed by atoms with Crippen LogP contribution in [0.5, 0.6) is 0 Å². The van der Waals surface area contributed by atoms with E-state index in [0.717, 1.165) is 31.8 Å². The normalized spacial score (nSPS) is 24.8. The molecule has 2 rings (SSSR count). The first-order chi connectivity index (χ1) is 9.11. The van der Waals surface area contributed by atoms with E-state index in [2.05, 4.69) is 6.92 Å². The Morgan fingerprint density at radius 1 is 1.16 bits per heavy atom. The first kappa shape index (κ1) is 14.2. The lowest BCUT2D eigenvalue weighted by atomic mass is 9.96. The van der Waals surface area contributed by atoms with Gasteiger partial charge in [-0.05, 0) is 25.2 Å². The minimum absolute atomic E-state index is 0.0367. The van der Waals surface area contributed by atoms with Crippen molar-refractivity contribution in [3.05, 3.63) is 0 Å². The molecule has 2 saturated heterocycles. The van der Waals surface area contributed by atoms with Crippen molar-refractivity contribution < 1.29 is 14.7 Å². The zero-order chi connectivity index (χ0) is 13.8. The predicted octanol–water partition coefficient (Wildman–Crippen LogP) is 2.03. The molecule has 0 bridgehead atoms. The van der Waals surface area contributed by atoms with E-state index in [1.54, 1.807) is 4.90 Å². The maximum atomic E-state index is 12.2. The van der Waals surface area contributed by atoms with Gasteiger partial charge in [0, 0.05) is 26.2 Å². The van der Waals surface area contributed by atoms with Crippen molar-refractivity contribution >= 4 is 12.0 Å². The SMILES string of the molecule is CCCC1CCCN(C(=O)N2CC(C(=O)O)C2)CC1. The fourth-order valence-electron chi connectivity index (χ4n) is 3.04. The van der Waals surface area contributed by atoms with Crippen LogP contribution in [0.3, 0.4) is 0 Å². The van der Waals surface area contributed by atoms with E-state index in [1.807, 2.05) is 4.90 Å². The lowest BCUT2D eigenvalue weighted by Gasteiger charge is -2.39. The van der Waals surface area contributed by atoms with Gasteiger partial charge in [0.05, 0.1) is 5.92 Å². The van der Waals surface area contributed by atoms with Crippen LogP contribution in [0.2, 0.25) is 0 Å². The van der Waals surface area contributed by atoms with Crippen molar-refractivity contribution in [3.8, 4) is 0 Å². The van der Waals surface area contributed by atoms with Gasteiger partial charge in [-0.1, -0.05) is 19.8 Å². The highest BCUT2D eigenvalue weighted by atomic mass is 16.4. The largest absolute Gasteiger partial charge is 0.481 e. The Morgan fingerprint density at radius 3 is 2.53 bits per heavy atom. The molecular formula is C14H24N2O3. The second-order valence-corrected chi connectivity index (χ2v) is 5.80. The summed E-state index contributed by atoms with van der Waals surface area (Å²) in [7, 11) is 0. The molecule has 2 aliphatic rings. The van der Waals surface area contributed by atoms with E-state index < -0.39 is 5.97 Å². The van der Waals surface area contributed by atoms with Crippen LogP contribution in [-0.4, -0.2) is 53.1 Å². The monoisotopic (exact) mass is 268 g/mol.